The van der Waals surface area contributed by atoms with Crippen molar-refractivity contribution in [2.45, 2.75) is 18.7 Å². The highest BCUT2D eigenvalue weighted by molar-refractivity contribution is 7.90. The van der Waals surface area contributed by atoms with Crippen LogP contribution in [0.3, 0.4) is 0 Å². The molecule has 1 aromatic heterocycles. The zero-order valence-corrected chi connectivity index (χ0v) is 12.1. The largest absolute Gasteiger partial charge is 0.283 e. The van der Waals surface area contributed by atoms with Crippen LogP contribution in [0.2, 0.25) is 0 Å². The Bertz CT molecular complexity index is 878. The molecule has 0 spiro atoms. The molecule has 0 saturated heterocycles. The number of aromatic nitrogens is 2. The Morgan fingerprint density at radius 1 is 0.950 bits per heavy atom. The molecule has 20 heavy (non-hydrogen) atoms. The molecule has 3 aromatic rings. The van der Waals surface area contributed by atoms with Gasteiger partial charge in [-0.15, -0.1) is 0 Å². The second kappa shape index (κ2) is 4.45. The molecule has 0 unspecified atom stereocenters. The molecule has 1 heterocycles. The van der Waals surface area contributed by atoms with Crippen LogP contribution in [-0.4, -0.2) is 17.6 Å². The van der Waals surface area contributed by atoms with Gasteiger partial charge < -0.3 is 0 Å². The first-order valence-electron chi connectivity index (χ1n) is 6.27. The van der Waals surface area contributed by atoms with Crippen LogP contribution < -0.4 is 0 Å². The fourth-order valence-electron chi connectivity index (χ4n) is 2.18. The van der Waals surface area contributed by atoms with Gasteiger partial charge in [0.15, 0.2) is 0 Å². The lowest BCUT2D eigenvalue weighted by molar-refractivity contribution is 0.582. The number of benzene rings is 2. The summed E-state index contributed by atoms with van der Waals surface area (Å²) < 4.78 is 26.5. The molecule has 2 aromatic carbocycles. The summed E-state index contributed by atoms with van der Waals surface area (Å²) in [5, 5.41) is 5.04. The number of nitrogens with zero attached hydrogens (tertiary/aromatic N) is 2. The summed E-state index contributed by atoms with van der Waals surface area (Å²) in [7, 11) is -3.66. The van der Waals surface area contributed by atoms with Gasteiger partial charge in [0, 0.05) is 5.39 Å². The molecule has 0 N–H and O–H groups in total. The van der Waals surface area contributed by atoms with Crippen molar-refractivity contribution in [1.29, 1.82) is 0 Å². The van der Waals surface area contributed by atoms with Crippen molar-refractivity contribution in [2.75, 3.05) is 0 Å². The molecule has 0 saturated carbocycles. The van der Waals surface area contributed by atoms with Crippen LogP contribution >= 0.6 is 0 Å². The van der Waals surface area contributed by atoms with Gasteiger partial charge in [-0.1, -0.05) is 35.9 Å². The van der Waals surface area contributed by atoms with Crippen molar-refractivity contribution >= 4 is 20.9 Å². The Balaban J connectivity index is 2.27. The second-order valence-electron chi connectivity index (χ2n) is 4.76. The maximum absolute atomic E-state index is 12.7. The zero-order chi connectivity index (χ0) is 14.3. The molecule has 0 aliphatic heterocycles. The third-order valence-electron chi connectivity index (χ3n) is 3.29. The number of fused-ring (bicyclic) bond motifs is 1. The molecule has 0 atom stereocenters. The van der Waals surface area contributed by atoms with Crippen molar-refractivity contribution < 1.29 is 8.42 Å². The van der Waals surface area contributed by atoms with Crippen molar-refractivity contribution in [3.63, 3.8) is 0 Å². The van der Waals surface area contributed by atoms with E-state index in [1.165, 1.54) is 0 Å². The van der Waals surface area contributed by atoms with E-state index in [4.69, 9.17) is 0 Å². The predicted molar refractivity (Wildman–Crippen MR) is 78.2 cm³/mol. The highest BCUT2D eigenvalue weighted by atomic mass is 32.2. The Kier molecular flexibility index (Phi) is 2.87. The molecule has 0 radical (unpaired) electrons. The maximum atomic E-state index is 12.7. The van der Waals surface area contributed by atoms with Crippen molar-refractivity contribution in [3.8, 4) is 0 Å². The average molecular weight is 286 g/mol. The Morgan fingerprint density at radius 3 is 2.30 bits per heavy atom. The summed E-state index contributed by atoms with van der Waals surface area (Å²) >= 11 is 0. The summed E-state index contributed by atoms with van der Waals surface area (Å²) in [5.74, 6) is 0. The first-order valence-corrected chi connectivity index (χ1v) is 7.71. The van der Waals surface area contributed by atoms with E-state index in [0.717, 1.165) is 15.0 Å². The minimum absolute atomic E-state index is 0.247. The van der Waals surface area contributed by atoms with Gasteiger partial charge in [-0.05, 0) is 32.0 Å². The van der Waals surface area contributed by atoms with E-state index in [1.807, 2.05) is 32.0 Å². The molecular weight excluding hydrogens is 272 g/mol. The first kappa shape index (κ1) is 12.9. The van der Waals surface area contributed by atoms with Gasteiger partial charge in [0.1, 0.15) is 0 Å². The van der Waals surface area contributed by atoms with Crippen molar-refractivity contribution in [1.82, 2.24) is 9.19 Å². The van der Waals surface area contributed by atoms with Crippen LogP contribution in [0.15, 0.2) is 53.4 Å². The Labute approximate surface area is 117 Å². The number of rotatable bonds is 2. The van der Waals surface area contributed by atoms with Gasteiger partial charge in [0.05, 0.1) is 16.1 Å². The Hall–Kier alpha value is -2.14. The monoisotopic (exact) mass is 286 g/mol. The molecular formula is C15H14N2O2S. The van der Waals surface area contributed by atoms with E-state index in [-0.39, 0.29) is 4.90 Å². The van der Waals surface area contributed by atoms with E-state index in [2.05, 4.69) is 5.10 Å². The van der Waals surface area contributed by atoms with E-state index < -0.39 is 10.0 Å². The summed E-state index contributed by atoms with van der Waals surface area (Å²) in [6.07, 6.45) is 0. The summed E-state index contributed by atoms with van der Waals surface area (Å²) in [4.78, 5) is 0.247. The van der Waals surface area contributed by atoms with Crippen molar-refractivity contribution in [3.05, 3.63) is 59.8 Å². The number of hydrogen-bond acceptors (Lipinski definition) is 3. The minimum atomic E-state index is -3.66. The lowest BCUT2D eigenvalue weighted by Crippen LogP contribution is -2.14. The predicted octanol–water partition coefficient (Wildman–Crippen LogP) is 2.89. The summed E-state index contributed by atoms with van der Waals surface area (Å²) in [5.41, 5.74) is 2.33. The van der Waals surface area contributed by atoms with Gasteiger partial charge in [-0.3, -0.25) is 0 Å². The Morgan fingerprint density at radius 2 is 1.60 bits per heavy atom. The molecule has 0 aliphatic rings. The second-order valence-corrected chi connectivity index (χ2v) is 6.53. The number of para-hydroxylation sites is 1. The molecule has 0 aliphatic carbocycles. The van der Waals surface area contributed by atoms with Crippen LogP contribution in [0.4, 0.5) is 0 Å². The summed E-state index contributed by atoms with van der Waals surface area (Å²) in [6.45, 7) is 3.73. The molecule has 0 bridgehead atoms. The fraction of sp³-hybridized carbons (Fsp3) is 0.133. The zero-order valence-electron chi connectivity index (χ0n) is 11.2. The third kappa shape index (κ3) is 1.91. The minimum Gasteiger partial charge on any atom is -0.199 e. The topological polar surface area (TPSA) is 52.0 Å². The van der Waals surface area contributed by atoms with Crippen LogP contribution in [0.5, 0.6) is 0 Å². The van der Waals surface area contributed by atoms with E-state index >= 15 is 0 Å². The number of aryl methyl sites for hydroxylation is 2. The van der Waals surface area contributed by atoms with Gasteiger partial charge in [-0.2, -0.15) is 17.6 Å². The van der Waals surface area contributed by atoms with Crippen LogP contribution in [0.25, 0.3) is 10.9 Å². The van der Waals surface area contributed by atoms with E-state index in [9.17, 15) is 8.42 Å². The lowest BCUT2D eigenvalue weighted by atomic mass is 10.2. The fourth-order valence-corrected chi connectivity index (χ4v) is 3.51. The molecule has 4 nitrogen and oxygen atoms in total. The molecule has 102 valence electrons. The van der Waals surface area contributed by atoms with Gasteiger partial charge >= 0.3 is 0 Å². The molecule has 0 fully saturated rings. The third-order valence-corrected chi connectivity index (χ3v) is 4.89. The van der Waals surface area contributed by atoms with Gasteiger partial charge in [-0.25, -0.2) is 0 Å². The molecule has 0 amide bonds. The van der Waals surface area contributed by atoms with Crippen LogP contribution in [-0.2, 0) is 10.0 Å². The standard InChI is InChI=1S/C15H14N2O2S/c1-11-7-9-13(10-8-11)20(18,19)17-15-6-4-3-5-14(15)12(2)16-17/h3-10H,1-2H3. The van der Waals surface area contributed by atoms with Gasteiger partial charge in [0.2, 0.25) is 0 Å². The van der Waals surface area contributed by atoms with Gasteiger partial charge in [0.25, 0.3) is 10.0 Å². The SMILES string of the molecule is Cc1ccc(S(=O)(=O)n2nc(C)c3ccccc32)cc1. The van der Waals surface area contributed by atoms with E-state index in [0.29, 0.717) is 11.2 Å². The van der Waals surface area contributed by atoms with Crippen LogP contribution in [0.1, 0.15) is 11.3 Å². The lowest BCUT2D eigenvalue weighted by Gasteiger charge is -2.06. The average Bonchev–Trinajstić information content (AvgIpc) is 2.78. The quantitative estimate of drug-likeness (QED) is 0.728. The normalized spacial score (nSPS) is 11.9. The summed E-state index contributed by atoms with van der Waals surface area (Å²) in [6, 6.07) is 14.1. The maximum Gasteiger partial charge on any atom is 0.283 e. The number of hydrogen-bond donors (Lipinski definition) is 0. The highest BCUT2D eigenvalue weighted by Gasteiger charge is 2.21. The highest BCUT2D eigenvalue weighted by Crippen LogP contribution is 2.22. The van der Waals surface area contributed by atoms with Crippen LogP contribution in [0, 0.1) is 13.8 Å². The van der Waals surface area contributed by atoms with Crippen molar-refractivity contribution in [2.24, 2.45) is 0 Å². The first-order chi connectivity index (χ1) is 9.50. The molecule has 3 rings (SSSR count). The molecule has 5 heteroatoms. The van der Waals surface area contributed by atoms with E-state index in [1.54, 1.807) is 30.3 Å². The smallest absolute Gasteiger partial charge is 0.199 e.